The number of imidazole rings is 1. The number of hydrogen-bond donors (Lipinski definition) is 0. The van der Waals surface area contributed by atoms with Gasteiger partial charge in [-0.2, -0.15) is 4.31 Å². The standard InChI is InChI=1S/C24H30FN5O3S/c1-5-30-22-9-6-18(24(31)27(3)4)15-21(22)26-23(30)16-28-10-12-29(13-11-28)34(32,33)19-7-8-20(25)17(2)14-19/h6-9,14-15H,5,10-13,16H2,1-4H3. The second kappa shape index (κ2) is 9.44. The average Bonchev–Trinajstić information content (AvgIpc) is 3.16. The van der Waals surface area contributed by atoms with Crippen LogP contribution in [0.2, 0.25) is 0 Å². The summed E-state index contributed by atoms with van der Waals surface area (Å²) in [6.07, 6.45) is 0. The lowest BCUT2D eigenvalue weighted by Gasteiger charge is -2.33. The van der Waals surface area contributed by atoms with Gasteiger partial charge in [-0.3, -0.25) is 9.69 Å². The number of carbonyl (C=O) groups excluding carboxylic acids is 1. The number of sulfonamides is 1. The summed E-state index contributed by atoms with van der Waals surface area (Å²) in [4.78, 5) is 21.0. The molecule has 0 bridgehead atoms. The number of fused-ring (bicyclic) bond motifs is 1. The van der Waals surface area contributed by atoms with E-state index in [0.717, 1.165) is 23.4 Å². The molecular formula is C24H30FN5O3S. The number of aromatic nitrogens is 2. The van der Waals surface area contributed by atoms with Crippen LogP contribution >= 0.6 is 0 Å². The van der Waals surface area contributed by atoms with Gasteiger partial charge in [0, 0.05) is 52.4 Å². The monoisotopic (exact) mass is 487 g/mol. The fraction of sp³-hybridized carbons (Fsp3) is 0.417. The Morgan fingerprint density at radius 2 is 1.79 bits per heavy atom. The molecular weight excluding hydrogens is 457 g/mol. The Bertz CT molecular complexity index is 1330. The van der Waals surface area contributed by atoms with Gasteiger partial charge in [-0.05, 0) is 55.8 Å². The molecule has 0 aliphatic carbocycles. The Hall–Kier alpha value is -2.82. The number of amides is 1. The summed E-state index contributed by atoms with van der Waals surface area (Å²) in [7, 11) is -0.224. The Morgan fingerprint density at radius 1 is 1.09 bits per heavy atom. The van der Waals surface area contributed by atoms with Gasteiger partial charge in [0.2, 0.25) is 10.0 Å². The zero-order valence-corrected chi connectivity index (χ0v) is 20.8. The molecule has 1 fully saturated rings. The van der Waals surface area contributed by atoms with Gasteiger partial charge in [-0.1, -0.05) is 0 Å². The van der Waals surface area contributed by atoms with E-state index in [9.17, 15) is 17.6 Å². The second-order valence-electron chi connectivity index (χ2n) is 8.77. The molecule has 10 heteroatoms. The van der Waals surface area contributed by atoms with Crippen LogP contribution in [0.15, 0.2) is 41.3 Å². The van der Waals surface area contributed by atoms with Crippen LogP contribution in [-0.4, -0.2) is 78.3 Å². The van der Waals surface area contributed by atoms with Crippen molar-refractivity contribution in [2.24, 2.45) is 0 Å². The predicted molar refractivity (Wildman–Crippen MR) is 129 cm³/mol. The molecule has 1 amide bonds. The van der Waals surface area contributed by atoms with Crippen molar-refractivity contribution in [2.75, 3.05) is 40.3 Å². The minimum atomic E-state index is -3.67. The third-order valence-corrected chi connectivity index (χ3v) is 8.15. The van der Waals surface area contributed by atoms with E-state index < -0.39 is 15.8 Å². The predicted octanol–water partition coefficient (Wildman–Crippen LogP) is 2.71. The van der Waals surface area contributed by atoms with Gasteiger partial charge < -0.3 is 9.47 Å². The Balaban J connectivity index is 1.48. The molecule has 182 valence electrons. The van der Waals surface area contributed by atoms with E-state index in [-0.39, 0.29) is 10.8 Å². The molecule has 1 saturated heterocycles. The van der Waals surface area contributed by atoms with Crippen molar-refractivity contribution in [3.63, 3.8) is 0 Å². The van der Waals surface area contributed by atoms with Crippen LogP contribution in [0.5, 0.6) is 0 Å². The summed E-state index contributed by atoms with van der Waals surface area (Å²) in [5, 5.41) is 0. The highest BCUT2D eigenvalue weighted by atomic mass is 32.2. The third kappa shape index (κ3) is 4.57. The van der Waals surface area contributed by atoms with E-state index in [1.807, 2.05) is 18.2 Å². The van der Waals surface area contributed by atoms with Gasteiger partial charge >= 0.3 is 0 Å². The molecule has 0 N–H and O–H groups in total. The van der Waals surface area contributed by atoms with Crippen LogP contribution in [0, 0.1) is 12.7 Å². The molecule has 4 rings (SSSR count). The fourth-order valence-electron chi connectivity index (χ4n) is 4.30. The molecule has 8 nitrogen and oxygen atoms in total. The highest BCUT2D eigenvalue weighted by Crippen LogP contribution is 2.23. The van der Waals surface area contributed by atoms with Crippen molar-refractivity contribution >= 4 is 27.0 Å². The quantitative estimate of drug-likeness (QED) is 0.534. The first kappa shape index (κ1) is 24.3. The SMILES string of the molecule is CCn1c(CN2CCN(S(=O)(=O)c3ccc(F)c(C)c3)CC2)nc2cc(C(=O)N(C)C)ccc21. The molecule has 2 heterocycles. The summed E-state index contributed by atoms with van der Waals surface area (Å²) in [6.45, 7) is 6.78. The Kier molecular flexibility index (Phi) is 6.75. The summed E-state index contributed by atoms with van der Waals surface area (Å²) >= 11 is 0. The van der Waals surface area contributed by atoms with E-state index in [0.29, 0.717) is 43.9 Å². The summed E-state index contributed by atoms with van der Waals surface area (Å²) in [5.74, 6) is 0.404. The summed E-state index contributed by atoms with van der Waals surface area (Å²) < 4.78 is 43.2. The van der Waals surface area contributed by atoms with Crippen molar-refractivity contribution in [1.29, 1.82) is 0 Å². The number of carbonyl (C=O) groups is 1. The summed E-state index contributed by atoms with van der Waals surface area (Å²) in [5.41, 5.74) is 2.66. The molecule has 0 unspecified atom stereocenters. The normalized spacial score (nSPS) is 15.7. The first-order chi connectivity index (χ1) is 16.1. The maximum Gasteiger partial charge on any atom is 0.253 e. The van der Waals surface area contributed by atoms with Crippen molar-refractivity contribution in [3.05, 3.63) is 59.2 Å². The maximum atomic E-state index is 13.6. The molecule has 3 aromatic rings. The van der Waals surface area contributed by atoms with Crippen LogP contribution in [0.4, 0.5) is 4.39 Å². The van der Waals surface area contributed by atoms with E-state index in [2.05, 4.69) is 16.4 Å². The van der Waals surface area contributed by atoms with Crippen LogP contribution < -0.4 is 0 Å². The molecule has 0 atom stereocenters. The van der Waals surface area contributed by atoms with Gasteiger partial charge in [0.05, 0.1) is 22.5 Å². The number of aryl methyl sites for hydroxylation is 2. The highest BCUT2D eigenvalue weighted by Gasteiger charge is 2.29. The van der Waals surface area contributed by atoms with E-state index in [1.165, 1.54) is 22.5 Å². The number of benzene rings is 2. The number of piperazine rings is 1. The van der Waals surface area contributed by atoms with E-state index in [1.54, 1.807) is 25.9 Å². The number of hydrogen-bond acceptors (Lipinski definition) is 5. The first-order valence-corrected chi connectivity index (χ1v) is 12.7. The lowest BCUT2D eigenvalue weighted by atomic mass is 10.2. The van der Waals surface area contributed by atoms with Crippen LogP contribution in [0.1, 0.15) is 28.7 Å². The van der Waals surface area contributed by atoms with Gasteiger partial charge in [-0.25, -0.2) is 17.8 Å². The van der Waals surface area contributed by atoms with Gasteiger partial charge in [0.25, 0.3) is 5.91 Å². The largest absolute Gasteiger partial charge is 0.345 e. The minimum absolute atomic E-state index is 0.0665. The topological polar surface area (TPSA) is 78.7 Å². The number of nitrogens with zero attached hydrogens (tertiary/aromatic N) is 5. The molecule has 2 aromatic carbocycles. The van der Waals surface area contributed by atoms with Crippen LogP contribution in [-0.2, 0) is 23.1 Å². The molecule has 34 heavy (non-hydrogen) atoms. The Labute approximate surface area is 199 Å². The zero-order valence-electron chi connectivity index (χ0n) is 20.0. The molecule has 0 saturated carbocycles. The lowest BCUT2D eigenvalue weighted by molar-refractivity contribution is 0.0827. The van der Waals surface area contributed by atoms with Crippen molar-refractivity contribution < 1.29 is 17.6 Å². The van der Waals surface area contributed by atoms with Crippen molar-refractivity contribution in [1.82, 2.24) is 23.7 Å². The zero-order chi connectivity index (χ0) is 24.6. The molecule has 0 spiro atoms. The average molecular weight is 488 g/mol. The van der Waals surface area contributed by atoms with Crippen LogP contribution in [0.3, 0.4) is 0 Å². The maximum absolute atomic E-state index is 13.6. The van der Waals surface area contributed by atoms with Crippen LogP contribution in [0.25, 0.3) is 11.0 Å². The van der Waals surface area contributed by atoms with E-state index >= 15 is 0 Å². The second-order valence-corrected chi connectivity index (χ2v) is 10.7. The Morgan fingerprint density at radius 3 is 2.41 bits per heavy atom. The van der Waals surface area contributed by atoms with E-state index in [4.69, 9.17) is 4.98 Å². The first-order valence-electron chi connectivity index (χ1n) is 11.3. The molecule has 1 aromatic heterocycles. The third-order valence-electron chi connectivity index (χ3n) is 6.26. The molecule has 1 aliphatic rings. The smallest absolute Gasteiger partial charge is 0.253 e. The minimum Gasteiger partial charge on any atom is -0.345 e. The fourth-order valence-corrected chi connectivity index (χ4v) is 5.81. The van der Waals surface area contributed by atoms with Gasteiger partial charge in [0.15, 0.2) is 0 Å². The molecule has 1 aliphatic heterocycles. The highest BCUT2D eigenvalue weighted by molar-refractivity contribution is 7.89. The number of halogens is 1. The van der Waals surface area contributed by atoms with Crippen molar-refractivity contribution in [3.8, 4) is 0 Å². The van der Waals surface area contributed by atoms with Crippen molar-refractivity contribution in [2.45, 2.75) is 31.8 Å². The molecule has 0 radical (unpaired) electrons. The van der Waals surface area contributed by atoms with Gasteiger partial charge in [-0.15, -0.1) is 0 Å². The number of rotatable bonds is 6. The van der Waals surface area contributed by atoms with Gasteiger partial charge in [0.1, 0.15) is 11.6 Å². The lowest BCUT2D eigenvalue weighted by Crippen LogP contribution is -2.48. The summed E-state index contributed by atoms with van der Waals surface area (Å²) in [6, 6.07) is 9.48.